The van der Waals surface area contributed by atoms with Gasteiger partial charge in [-0.3, -0.25) is 71.9 Å². The Morgan fingerprint density at radius 1 is 0.218 bits per heavy atom. The molecule has 36 nitrogen and oxygen atoms in total. The van der Waals surface area contributed by atoms with Crippen molar-refractivity contribution in [2.24, 2.45) is 87.5 Å². The third-order valence-corrected chi connectivity index (χ3v) is 19.6. The molecule has 0 saturated heterocycles. The number of amides is 14. The lowest BCUT2D eigenvalue weighted by Gasteiger charge is -2.30. The van der Waals surface area contributed by atoms with E-state index in [1.807, 2.05) is 69.2 Å². The summed E-state index contributed by atoms with van der Waals surface area (Å²) in [6, 6.07) is -17.5. The minimum Gasteiger partial charge on any atom is -0.481 e. The summed E-state index contributed by atoms with van der Waals surface area (Å²) in [5, 5.41) is 45.6. The van der Waals surface area contributed by atoms with Crippen LogP contribution in [0.3, 0.4) is 0 Å². The van der Waals surface area contributed by atoms with E-state index in [9.17, 15) is 77.0 Å². The fourth-order valence-electron chi connectivity index (χ4n) is 13.4. The summed E-state index contributed by atoms with van der Waals surface area (Å²) in [4.78, 5) is 212. The van der Waals surface area contributed by atoms with Crippen LogP contribution in [0.1, 0.15) is 271 Å². The Labute approximate surface area is 707 Å². The summed E-state index contributed by atoms with van der Waals surface area (Å²) >= 11 is 0. The maximum atomic E-state index is 14.9. The second-order valence-corrected chi connectivity index (χ2v) is 35.2. The maximum absolute atomic E-state index is 14.9. The molecule has 0 rings (SSSR count). The van der Waals surface area contributed by atoms with E-state index in [2.05, 4.69) is 69.1 Å². The molecule has 119 heavy (non-hydrogen) atoms. The highest BCUT2D eigenvalue weighted by atomic mass is 16.4. The van der Waals surface area contributed by atoms with Crippen LogP contribution in [0.4, 0.5) is 0 Å². The van der Waals surface area contributed by atoms with Crippen molar-refractivity contribution in [3.8, 4) is 0 Å². The van der Waals surface area contributed by atoms with Crippen LogP contribution in [-0.2, 0) is 71.9 Å². The number of carboxylic acid groups (broad SMARTS) is 1. The van der Waals surface area contributed by atoms with Crippen molar-refractivity contribution in [3.05, 3.63) is 0 Å². The number of carbonyl (C=O) groups excluding carboxylic acids is 14. The standard InChI is InChI=1S/C83H158N20O16/c1-47(2)39-55(89)71(107)98-63(41-49(5)6)78(114)93-56(27-17-22-34-84)72(108)91-59(30-20-25-37-87)75(111)99-67(45-53(13)14)82(118)102-64(42-50(7)8)79(115)94-57(28-18-23-35-85)73(109)92-60(31-21-26-38-88)76(112)100-68(46-54(15)16)83(119)103-65(43-51(9)10)80(116)95-58(29-19-24-36-86)74(110)96-61(32-33-69(104)105)77(113)101-66(44-52(11)12)81(117)97-62(70(90)106)40-48(3)4/h47-68H,17-46,84-89H2,1-16H3,(H2,90,106)(H,91,108)(H,92,109)(H,93,114)(H,94,115)(H,95,116)(H,96,110)(H,97,117)(H,98,107)(H,99,111)(H,100,112)(H,101,113)(H,102,118)(H,103,119)(H,104,105)/t55-,56-,57-,58-,59-,60-,61-,62-,63-,64-,65-,66-,67-,68-/m0/s1. The first-order valence-corrected chi connectivity index (χ1v) is 43.6. The maximum Gasteiger partial charge on any atom is 0.303 e. The smallest absolute Gasteiger partial charge is 0.303 e. The normalized spacial score (nSPS) is 15.2. The number of carbonyl (C=O) groups is 15. The van der Waals surface area contributed by atoms with Gasteiger partial charge in [0.25, 0.3) is 0 Å². The van der Waals surface area contributed by atoms with Crippen LogP contribution in [0.25, 0.3) is 0 Å². The zero-order chi connectivity index (χ0) is 90.8. The van der Waals surface area contributed by atoms with E-state index >= 15 is 0 Å². The SMILES string of the molecule is CC(C)C[C@H](NC(=O)[C@H](CC(C)C)NC(=O)[C@H](CCC(=O)O)NC(=O)[C@H](CCCCN)NC(=O)[C@H](CC(C)C)NC(=O)[C@H](CC(C)C)NC(=O)[C@H](CCCCN)NC(=O)[C@H](CCCCN)NC(=O)[C@H](CC(C)C)NC(=O)[C@H](CC(C)C)NC(=O)[C@H](CCCCN)NC(=O)[C@H](CCCCN)NC(=O)[C@H](CC(C)C)NC(=O)[C@@H](N)CC(C)C)C(N)=O. The summed E-state index contributed by atoms with van der Waals surface area (Å²) < 4.78 is 0. The van der Waals surface area contributed by atoms with E-state index in [1.54, 1.807) is 41.5 Å². The molecule has 0 unspecified atom stereocenters. The second kappa shape index (κ2) is 61.2. The minimum atomic E-state index is -1.56. The van der Waals surface area contributed by atoms with Gasteiger partial charge in [-0.05, 0) is 234 Å². The molecule has 28 N–H and O–H groups in total. The van der Waals surface area contributed by atoms with Crippen LogP contribution in [0.2, 0.25) is 0 Å². The molecule has 0 aromatic heterocycles. The molecular weight excluding hydrogens is 1530 g/mol. The molecule has 0 aliphatic heterocycles. The van der Waals surface area contributed by atoms with Gasteiger partial charge in [-0.15, -0.1) is 0 Å². The Bertz CT molecular complexity index is 3100. The average molecular weight is 1690 g/mol. The van der Waals surface area contributed by atoms with Crippen molar-refractivity contribution in [2.45, 2.75) is 356 Å². The first-order chi connectivity index (χ1) is 55.8. The minimum absolute atomic E-state index is 0.00963. The molecule has 36 heteroatoms. The van der Waals surface area contributed by atoms with Crippen LogP contribution in [-0.4, -0.2) is 211 Å². The third kappa shape index (κ3) is 48.7. The Kier molecular flexibility index (Phi) is 56.9. The fourth-order valence-corrected chi connectivity index (χ4v) is 13.4. The molecule has 686 valence electrons. The molecule has 14 amide bonds. The van der Waals surface area contributed by atoms with Gasteiger partial charge in [0.2, 0.25) is 82.7 Å². The zero-order valence-electron chi connectivity index (χ0n) is 74.5. The first kappa shape index (κ1) is 111. The number of aliphatic carboxylic acids is 1. The van der Waals surface area contributed by atoms with Gasteiger partial charge >= 0.3 is 5.97 Å². The van der Waals surface area contributed by atoms with Crippen LogP contribution in [0.15, 0.2) is 0 Å². The van der Waals surface area contributed by atoms with E-state index in [0.29, 0.717) is 70.8 Å². The van der Waals surface area contributed by atoms with Crippen molar-refractivity contribution in [1.82, 2.24) is 69.1 Å². The van der Waals surface area contributed by atoms with E-state index in [-0.39, 0.29) is 157 Å². The lowest BCUT2D eigenvalue weighted by molar-refractivity contribution is -0.139. The van der Waals surface area contributed by atoms with Gasteiger partial charge in [0.1, 0.15) is 78.5 Å². The summed E-state index contributed by atoms with van der Waals surface area (Å²) in [5.74, 6) is -13.1. The number of rotatable bonds is 66. The molecule has 0 aromatic rings. The fraction of sp³-hybridized carbons (Fsp3) is 0.819. The lowest BCUT2D eigenvalue weighted by Crippen LogP contribution is -2.61. The molecule has 0 aliphatic carbocycles. The van der Waals surface area contributed by atoms with Crippen LogP contribution < -0.4 is 109 Å². The molecule has 0 spiro atoms. The average Bonchev–Trinajstić information content (AvgIpc) is 0.855. The number of hydrogen-bond acceptors (Lipinski definition) is 21. The molecule has 0 saturated carbocycles. The Hall–Kier alpha value is -8.19. The van der Waals surface area contributed by atoms with Gasteiger partial charge in [0.05, 0.1) is 6.04 Å². The Morgan fingerprint density at radius 3 is 0.538 bits per heavy atom. The highest BCUT2D eigenvalue weighted by Gasteiger charge is 2.39. The molecule has 0 heterocycles. The van der Waals surface area contributed by atoms with Crippen molar-refractivity contribution in [2.75, 3.05) is 32.7 Å². The number of primary amides is 1. The van der Waals surface area contributed by atoms with Gasteiger partial charge in [-0.1, -0.05) is 111 Å². The Balaban J connectivity index is 7.42. The van der Waals surface area contributed by atoms with Gasteiger partial charge in [-0.25, -0.2) is 0 Å². The highest BCUT2D eigenvalue weighted by Crippen LogP contribution is 2.19. The van der Waals surface area contributed by atoms with Gasteiger partial charge in [-0.2, -0.15) is 0 Å². The monoisotopic (exact) mass is 1690 g/mol. The third-order valence-electron chi connectivity index (χ3n) is 19.6. The van der Waals surface area contributed by atoms with Gasteiger partial charge in [0.15, 0.2) is 0 Å². The summed E-state index contributed by atoms with van der Waals surface area (Å²) in [7, 11) is 0. The summed E-state index contributed by atoms with van der Waals surface area (Å²) in [6.07, 6.45) is 4.15. The highest BCUT2D eigenvalue weighted by molar-refractivity contribution is 6.00. The topological polar surface area (TPSA) is 615 Å². The molecule has 14 atom stereocenters. The lowest BCUT2D eigenvalue weighted by atomic mass is 9.98. The Morgan fingerprint density at radius 2 is 0.370 bits per heavy atom. The predicted molar refractivity (Wildman–Crippen MR) is 459 cm³/mol. The molecule has 0 bridgehead atoms. The van der Waals surface area contributed by atoms with Crippen LogP contribution in [0, 0.1) is 47.3 Å². The van der Waals surface area contributed by atoms with Crippen molar-refractivity contribution in [1.29, 1.82) is 0 Å². The largest absolute Gasteiger partial charge is 0.481 e. The van der Waals surface area contributed by atoms with Gasteiger partial charge < -0.3 is 114 Å². The van der Waals surface area contributed by atoms with E-state index in [1.165, 1.54) is 0 Å². The predicted octanol–water partition coefficient (Wildman–Crippen LogP) is 0.980. The quantitative estimate of drug-likeness (QED) is 0.0377. The van der Waals surface area contributed by atoms with Crippen LogP contribution >= 0.6 is 0 Å². The van der Waals surface area contributed by atoms with E-state index < -0.39 is 186 Å². The number of carboxylic acids is 1. The molecule has 0 radical (unpaired) electrons. The molecular formula is C83H158N20O16. The van der Waals surface area contributed by atoms with Crippen LogP contribution in [0.5, 0.6) is 0 Å². The van der Waals surface area contributed by atoms with Crippen molar-refractivity contribution < 1.29 is 77.0 Å². The second-order valence-electron chi connectivity index (χ2n) is 35.2. The molecule has 0 aliphatic rings. The van der Waals surface area contributed by atoms with Crippen molar-refractivity contribution in [3.63, 3.8) is 0 Å². The van der Waals surface area contributed by atoms with Gasteiger partial charge in [0, 0.05) is 6.42 Å². The van der Waals surface area contributed by atoms with Crippen molar-refractivity contribution >= 4 is 88.7 Å². The number of nitrogens with one attached hydrogen (secondary N) is 13. The number of nitrogens with two attached hydrogens (primary N) is 7. The first-order valence-electron chi connectivity index (χ1n) is 43.6. The number of unbranched alkanes of at least 4 members (excludes halogenated alkanes) is 5. The number of hydrogen-bond donors (Lipinski definition) is 21. The van der Waals surface area contributed by atoms with E-state index in [0.717, 1.165) is 0 Å². The summed E-state index contributed by atoms with van der Waals surface area (Å²) in [6.45, 7) is 30.6. The summed E-state index contributed by atoms with van der Waals surface area (Å²) in [5.41, 5.74) is 41.3. The molecule has 0 aromatic carbocycles. The van der Waals surface area contributed by atoms with E-state index in [4.69, 9.17) is 40.1 Å². The molecule has 0 fully saturated rings. The zero-order valence-corrected chi connectivity index (χ0v) is 74.5.